The molecule has 2 aliphatic rings. The van der Waals surface area contributed by atoms with Crippen LogP contribution < -0.4 is 11.1 Å². The molecule has 31 heavy (non-hydrogen) atoms. The summed E-state index contributed by atoms with van der Waals surface area (Å²) in [6.45, 7) is 5.33. The van der Waals surface area contributed by atoms with Crippen molar-refractivity contribution in [3.05, 3.63) is 33.8 Å². The molecule has 0 spiro atoms. The van der Waals surface area contributed by atoms with Crippen LogP contribution in [0.2, 0.25) is 10.0 Å². The predicted octanol–water partition coefficient (Wildman–Crippen LogP) is 2.78. The molecule has 3 N–H and O–H groups in total. The number of morpholine rings is 1. The van der Waals surface area contributed by atoms with Gasteiger partial charge in [-0.15, -0.1) is 0 Å². The number of hydrogen-bond acceptors (Lipinski definition) is 7. The molecule has 2 heterocycles. The van der Waals surface area contributed by atoms with E-state index in [2.05, 4.69) is 15.2 Å². The van der Waals surface area contributed by atoms with Crippen molar-refractivity contribution in [3.8, 4) is 0 Å². The van der Waals surface area contributed by atoms with Gasteiger partial charge < -0.3 is 15.8 Å². The Morgan fingerprint density at radius 3 is 2.94 bits per heavy atom. The fourth-order valence-corrected chi connectivity index (χ4v) is 6.07. The Hall–Kier alpha value is -0.970. The normalized spacial score (nSPS) is 24.1. The van der Waals surface area contributed by atoms with Crippen molar-refractivity contribution in [1.29, 1.82) is 0 Å². The molecule has 3 rings (SSSR count). The number of hydrogen-bond donors (Lipinski definition) is 2. The topological polar surface area (TPSA) is 97.0 Å². The van der Waals surface area contributed by atoms with Gasteiger partial charge in [-0.2, -0.15) is 0 Å². The number of benzene rings is 1. The number of nitrogens with one attached hydrogen (secondary N) is 1. The highest BCUT2D eigenvalue weighted by molar-refractivity contribution is 8.39. The van der Waals surface area contributed by atoms with Crippen molar-refractivity contribution in [2.45, 2.75) is 37.3 Å². The van der Waals surface area contributed by atoms with Crippen LogP contribution >= 0.6 is 46.7 Å². The lowest BCUT2D eigenvalue weighted by Gasteiger charge is -2.33. The van der Waals surface area contributed by atoms with Crippen LogP contribution in [0, 0.1) is 0 Å². The molecule has 0 aromatic heterocycles. The maximum absolute atomic E-state index is 12.3. The molecule has 1 aromatic carbocycles. The first kappa shape index (κ1) is 24.7. The summed E-state index contributed by atoms with van der Waals surface area (Å²) < 4.78 is 6.63. The molecule has 0 saturated carbocycles. The highest BCUT2D eigenvalue weighted by atomic mass is 35.5. The predicted molar refractivity (Wildman–Crippen MR) is 129 cm³/mol. The summed E-state index contributed by atoms with van der Waals surface area (Å²) in [6.07, 6.45) is 0.229. The Morgan fingerprint density at radius 1 is 1.39 bits per heavy atom. The average molecular weight is 505 g/mol. The van der Waals surface area contributed by atoms with Gasteiger partial charge in [-0.25, -0.2) is 0 Å². The van der Waals surface area contributed by atoms with E-state index in [1.54, 1.807) is 6.07 Å². The summed E-state index contributed by atoms with van der Waals surface area (Å²) in [6, 6.07) is 5.68. The van der Waals surface area contributed by atoms with Crippen molar-refractivity contribution in [2.24, 2.45) is 10.7 Å². The third-order valence-electron chi connectivity index (χ3n) is 4.97. The van der Waals surface area contributed by atoms with Crippen molar-refractivity contribution < 1.29 is 14.3 Å². The van der Waals surface area contributed by atoms with E-state index in [-0.39, 0.29) is 35.0 Å². The fourth-order valence-electron chi connectivity index (χ4n) is 3.34. The zero-order chi connectivity index (χ0) is 22.4. The van der Waals surface area contributed by atoms with Crippen LogP contribution in [0.4, 0.5) is 0 Å². The van der Waals surface area contributed by atoms with Crippen molar-refractivity contribution in [2.75, 3.05) is 32.0 Å². The second-order valence-electron chi connectivity index (χ2n) is 7.53. The second-order valence-corrected chi connectivity index (χ2v) is 10.8. The third-order valence-corrected chi connectivity index (χ3v) is 8.28. The van der Waals surface area contributed by atoms with E-state index in [1.165, 1.54) is 23.5 Å². The zero-order valence-electron chi connectivity index (χ0n) is 17.2. The maximum Gasteiger partial charge on any atom is 0.230 e. The Balaban J connectivity index is 1.37. The van der Waals surface area contributed by atoms with E-state index in [0.29, 0.717) is 29.6 Å². The van der Waals surface area contributed by atoms with Crippen LogP contribution in [0.3, 0.4) is 0 Å². The monoisotopic (exact) mass is 504 g/mol. The Labute approximate surface area is 200 Å². The Kier molecular flexibility index (Phi) is 9.36. The first-order valence-corrected chi connectivity index (χ1v) is 12.6. The van der Waals surface area contributed by atoms with E-state index >= 15 is 0 Å². The van der Waals surface area contributed by atoms with Gasteiger partial charge in [0.05, 0.1) is 34.6 Å². The number of primary amides is 1. The van der Waals surface area contributed by atoms with Crippen LogP contribution in [0.1, 0.15) is 18.9 Å². The summed E-state index contributed by atoms with van der Waals surface area (Å²) in [5.41, 5.74) is 6.37. The smallest absolute Gasteiger partial charge is 0.230 e. The summed E-state index contributed by atoms with van der Waals surface area (Å²) in [4.78, 5) is 30.2. The third kappa shape index (κ3) is 7.83. The number of thioether (sulfide) groups is 2. The number of nitrogens with two attached hydrogens (primary N) is 1. The highest BCUT2D eigenvalue weighted by Crippen LogP contribution is 2.34. The zero-order valence-corrected chi connectivity index (χ0v) is 20.3. The van der Waals surface area contributed by atoms with Crippen LogP contribution in [0.5, 0.6) is 0 Å². The number of rotatable bonds is 8. The molecule has 7 nitrogen and oxygen atoms in total. The number of halogens is 2. The molecule has 1 fully saturated rings. The number of carbonyl (C=O) groups excluding carboxylic acids is 2. The Bertz CT molecular complexity index is 843. The molecule has 1 aromatic rings. The van der Waals surface area contributed by atoms with E-state index in [0.717, 1.165) is 29.6 Å². The van der Waals surface area contributed by atoms with Crippen LogP contribution in [0.15, 0.2) is 23.2 Å². The summed E-state index contributed by atoms with van der Waals surface area (Å²) in [5.74, 6) is -0.115. The molecule has 170 valence electrons. The number of carbonyl (C=O) groups is 2. The highest BCUT2D eigenvalue weighted by Gasteiger charge is 2.29. The molecule has 3 atom stereocenters. The summed E-state index contributed by atoms with van der Waals surface area (Å²) in [5, 5.41) is 4.10. The molecule has 0 aliphatic carbocycles. The molecule has 0 radical (unpaired) electrons. The minimum absolute atomic E-state index is 0.0280. The van der Waals surface area contributed by atoms with Gasteiger partial charge >= 0.3 is 0 Å². The largest absolute Gasteiger partial charge is 0.374 e. The second kappa shape index (κ2) is 11.8. The van der Waals surface area contributed by atoms with Gasteiger partial charge in [-0.05, 0) is 24.6 Å². The van der Waals surface area contributed by atoms with E-state index in [9.17, 15) is 9.59 Å². The van der Waals surface area contributed by atoms with Gasteiger partial charge in [0.2, 0.25) is 11.8 Å². The molecular formula is C20H26Cl2N4O3S2. The number of aliphatic imine (C=N–C) groups is 1. The van der Waals surface area contributed by atoms with Crippen molar-refractivity contribution >= 4 is 62.9 Å². The van der Waals surface area contributed by atoms with E-state index in [1.807, 2.05) is 19.1 Å². The maximum atomic E-state index is 12.3. The van der Waals surface area contributed by atoms with E-state index < -0.39 is 0 Å². The van der Waals surface area contributed by atoms with Gasteiger partial charge in [0.25, 0.3) is 0 Å². The standard InChI is InChI=1S/C20H26Cl2N4O3S2/c1-12-17(7-18(23)27)31-20(25-12)30-11-19(28)24-8-14-10-26(4-5-29-14)9-13-2-3-15(21)16(22)6-13/h2-3,6,12,14,17H,4-5,7-11H2,1H3,(H2,23,27)(H,24,28)/t12?,14-,17?/m0/s1. The number of nitrogens with zero attached hydrogens (tertiary/aromatic N) is 2. The average Bonchev–Trinajstić information content (AvgIpc) is 3.06. The van der Waals surface area contributed by atoms with Gasteiger partial charge in [-0.3, -0.25) is 19.5 Å². The van der Waals surface area contributed by atoms with Gasteiger partial charge in [0.15, 0.2) is 0 Å². The SMILES string of the molecule is CC1N=C(SCC(=O)NC[C@H]2CN(Cc3ccc(Cl)c(Cl)c3)CCO2)SC1CC(N)=O. The van der Waals surface area contributed by atoms with Crippen LogP contribution in [-0.2, 0) is 20.9 Å². The molecule has 11 heteroatoms. The molecule has 2 aliphatic heterocycles. The summed E-state index contributed by atoms with van der Waals surface area (Å²) >= 11 is 15.0. The lowest BCUT2D eigenvalue weighted by Crippen LogP contribution is -2.47. The first-order chi connectivity index (χ1) is 14.8. The minimum atomic E-state index is -0.329. The molecule has 0 bridgehead atoms. The van der Waals surface area contributed by atoms with E-state index in [4.69, 9.17) is 33.7 Å². The van der Waals surface area contributed by atoms with Gasteiger partial charge in [-0.1, -0.05) is 52.8 Å². The fraction of sp³-hybridized carbons (Fsp3) is 0.550. The van der Waals surface area contributed by atoms with Gasteiger partial charge in [0.1, 0.15) is 4.38 Å². The quantitative estimate of drug-likeness (QED) is 0.564. The number of ether oxygens (including phenoxy) is 1. The first-order valence-electron chi connectivity index (χ1n) is 10.0. The molecule has 2 amide bonds. The van der Waals surface area contributed by atoms with Crippen molar-refractivity contribution in [1.82, 2.24) is 10.2 Å². The van der Waals surface area contributed by atoms with Crippen LogP contribution in [0.25, 0.3) is 0 Å². The summed E-state index contributed by atoms with van der Waals surface area (Å²) in [7, 11) is 0. The molecule has 2 unspecified atom stereocenters. The van der Waals surface area contributed by atoms with Gasteiger partial charge in [0, 0.05) is 37.8 Å². The molecular weight excluding hydrogens is 479 g/mol. The minimum Gasteiger partial charge on any atom is -0.374 e. The molecule has 1 saturated heterocycles. The lowest BCUT2D eigenvalue weighted by atomic mass is 10.2. The lowest BCUT2D eigenvalue weighted by molar-refractivity contribution is -0.120. The van der Waals surface area contributed by atoms with Crippen molar-refractivity contribution in [3.63, 3.8) is 0 Å². The number of amides is 2. The van der Waals surface area contributed by atoms with Crippen LogP contribution in [-0.4, -0.2) is 70.5 Å². The Morgan fingerprint density at radius 2 is 2.19 bits per heavy atom.